The van der Waals surface area contributed by atoms with E-state index in [1.54, 1.807) is 0 Å². The SMILES string of the molecule is CC1(C)c2ccccc2-c2c3ccccc3c(C3=CC4C(C=C3)c3ccc(-c5c6ccccc6c6c7c(cccc57)C(C)(C)c5ccccc5-6)cc3C4(c3ccccc3)c3ccccc3)c3cccc1c23. The lowest BCUT2D eigenvalue weighted by Crippen LogP contribution is -2.35. The third-order valence-corrected chi connectivity index (χ3v) is 17.8. The molecule has 0 amide bonds. The van der Waals surface area contributed by atoms with Crippen LogP contribution in [0.1, 0.15) is 83.7 Å². The van der Waals surface area contributed by atoms with Crippen LogP contribution in [-0.4, -0.2) is 0 Å². The van der Waals surface area contributed by atoms with Crippen LogP contribution in [0.2, 0.25) is 0 Å². The van der Waals surface area contributed by atoms with Crippen LogP contribution in [0.4, 0.5) is 0 Å². The maximum Gasteiger partial charge on any atom is 0.0526 e. The van der Waals surface area contributed by atoms with Gasteiger partial charge in [0, 0.05) is 22.7 Å². The molecule has 4 aliphatic rings. The van der Waals surface area contributed by atoms with Crippen molar-refractivity contribution in [2.75, 3.05) is 0 Å². The number of rotatable bonds is 4. The van der Waals surface area contributed by atoms with E-state index in [1.165, 1.54) is 132 Å². The van der Waals surface area contributed by atoms with Crippen molar-refractivity contribution in [2.24, 2.45) is 5.92 Å². The quantitative estimate of drug-likeness (QED) is 0.154. The van der Waals surface area contributed by atoms with Crippen LogP contribution >= 0.6 is 0 Å². The van der Waals surface area contributed by atoms with E-state index in [2.05, 4.69) is 258 Å². The van der Waals surface area contributed by atoms with Gasteiger partial charge in [-0.05, 0) is 138 Å². The van der Waals surface area contributed by atoms with Gasteiger partial charge in [-0.3, -0.25) is 0 Å². The topological polar surface area (TPSA) is 0 Å². The average Bonchev–Trinajstić information content (AvgIpc) is 3.71. The smallest absolute Gasteiger partial charge is 0.0526 e. The first-order chi connectivity index (χ1) is 34.8. The van der Waals surface area contributed by atoms with Crippen molar-refractivity contribution in [3.63, 3.8) is 0 Å². The lowest BCUT2D eigenvalue weighted by atomic mass is 9.62. The predicted molar refractivity (Wildman–Crippen MR) is 300 cm³/mol. The first-order valence-electron chi connectivity index (χ1n) is 25.6. The van der Waals surface area contributed by atoms with Gasteiger partial charge < -0.3 is 0 Å². The highest BCUT2D eigenvalue weighted by molar-refractivity contribution is 6.24. The molecule has 336 valence electrons. The van der Waals surface area contributed by atoms with Crippen LogP contribution < -0.4 is 0 Å². The number of benzene rings is 11. The summed E-state index contributed by atoms with van der Waals surface area (Å²) >= 11 is 0. The van der Waals surface area contributed by atoms with Crippen LogP contribution in [0.15, 0.2) is 231 Å². The second-order valence-electron chi connectivity index (χ2n) is 21.8. The van der Waals surface area contributed by atoms with Crippen molar-refractivity contribution < 1.29 is 0 Å². The Bertz CT molecular complexity index is 4120. The van der Waals surface area contributed by atoms with Gasteiger partial charge in [-0.25, -0.2) is 0 Å². The Morgan fingerprint density at radius 1 is 0.352 bits per heavy atom. The minimum Gasteiger partial charge on any atom is -0.0757 e. The first-order valence-corrected chi connectivity index (χ1v) is 25.6. The zero-order valence-corrected chi connectivity index (χ0v) is 40.6. The molecule has 0 fully saturated rings. The molecule has 0 nitrogen and oxygen atoms in total. The van der Waals surface area contributed by atoms with Crippen LogP contribution in [0.3, 0.4) is 0 Å². The molecule has 0 aliphatic heterocycles. The summed E-state index contributed by atoms with van der Waals surface area (Å²) in [7, 11) is 0. The second kappa shape index (κ2) is 14.5. The molecule has 0 N–H and O–H groups in total. The molecule has 2 atom stereocenters. The molecule has 4 aliphatic carbocycles. The first kappa shape index (κ1) is 40.8. The zero-order valence-electron chi connectivity index (χ0n) is 40.6. The van der Waals surface area contributed by atoms with Crippen molar-refractivity contribution in [1.29, 1.82) is 0 Å². The molecule has 15 rings (SSSR count). The van der Waals surface area contributed by atoms with E-state index >= 15 is 0 Å². The molecule has 11 aromatic rings. The molecule has 0 saturated heterocycles. The molecule has 0 aromatic heterocycles. The Morgan fingerprint density at radius 2 is 0.789 bits per heavy atom. The molecule has 0 radical (unpaired) electrons. The molecular formula is C71H52. The summed E-state index contributed by atoms with van der Waals surface area (Å²) in [6, 6.07) is 81.3. The Hall–Kier alpha value is -8.06. The number of hydrogen-bond acceptors (Lipinski definition) is 0. The van der Waals surface area contributed by atoms with Gasteiger partial charge >= 0.3 is 0 Å². The third kappa shape index (κ3) is 5.25. The molecule has 0 spiro atoms. The van der Waals surface area contributed by atoms with Crippen molar-refractivity contribution in [3.8, 4) is 33.4 Å². The fourth-order valence-corrected chi connectivity index (χ4v) is 14.8. The molecule has 71 heavy (non-hydrogen) atoms. The normalized spacial score (nSPS) is 18.2. The Balaban J connectivity index is 1.02. The molecule has 2 unspecified atom stereocenters. The van der Waals surface area contributed by atoms with E-state index in [9.17, 15) is 0 Å². The lowest BCUT2D eigenvalue weighted by Gasteiger charge is -2.40. The number of hydrogen-bond donors (Lipinski definition) is 0. The summed E-state index contributed by atoms with van der Waals surface area (Å²) < 4.78 is 0. The summed E-state index contributed by atoms with van der Waals surface area (Å²) in [5.74, 6) is 0.246. The van der Waals surface area contributed by atoms with Crippen LogP contribution in [0.25, 0.3) is 82.0 Å². The summed E-state index contributed by atoms with van der Waals surface area (Å²) in [6.45, 7) is 9.64. The molecule has 0 heteroatoms. The average molecular weight is 905 g/mol. The molecule has 0 bridgehead atoms. The third-order valence-electron chi connectivity index (χ3n) is 17.8. The highest BCUT2D eigenvalue weighted by atomic mass is 14.6. The van der Waals surface area contributed by atoms with E-state index < -0.39 is 5.41 Å². The van der Waals surface area contributed by atoms with E-state index in [0.717, 1.165) is 0 Å². The van der Waals surface area contributed by atoms with E-state index in [0.29, 0.717) is 0 Å². The van der Waals surface area contributed by atoms with Crippen LogP contribution in [-0.2, 0) is 16.2 Å². The molecule has 0 saturated carbocycles. The summed E-state index contributed by atoms with van der Waals surface area (Å²) in [6.07, 6.45) is 7.73. The van der Waals surface area contributed by atoms with Crippen molar-refractivity contribution in [3.05, 3.63) is 281 Å². The highest BCUT2D eigenvalue weighted by Crippen LogP contribution is 2.63. The standard InChI is InChI=1S/C71H52/c1-69(2)57-33-17-15-29-53(57)65-51-27-13-11-25-49(51)63(55-31-19-35-59(69)67(55)65)43-37-39-47-48-40-38-44(42-62(48)71(61(47)41-43,45-21-7-5-8-22-45)46-23-9-6-10-24-46)64-50-26-12-14-28-52(50)66-54-30-16-18-34-58(54)70(3,4)60-36-20-32-56(64)68(60)66/h5-42,47,61H,1-4H3. The van der Waals surface area contributed by atoms with Gasteiger partial charge in [0.05, 0.1) is 5.41 Å². The summed E-state index contributed by atoms with van der Waals surface area (Å²) in [5.41, 5.74) is 20.8. The number of allylic oxidation sites excluding steroid dienone is 4. The van der Waals surface area contributed by atoms with E-state index in [4.69, 9.17) is 0 Å². The van der Waals surface area contributed by atoms with Gasteiger partial charge in [-0.2, -0.15) is 0 Å². The van der Waals surface area contributed by atoms with Gasteiger partial charge in [0.2, 0.25) is 0 Å². The summed E-state index contributed by atoms with van der Waals surface area (Å²) in [4.78, 5) is 0. The fourth-order valence-electron chi connectivity index (χ4n) is 14.8. The predicted octanol–water partition coefficient (Wildman–Crippen LogP) is 18.3. The van der Waals surface area contributed by atoms with Gasteiger partial charge in [-0.1, -0.05) is 252 Å². The molecular weight excluding hydrogens is 853 g/mol. The van der Waals surface area contributed by atoms with Gasteiger partial charge in [0.25, 0.3) is 0 Å². The monoisotopic (exact) mass is 904 g/mol. The Morgan fingerprint density at radius 3 is 1.34 bits per heavy atom. The van der Waals surface area contributed by atoms with Crippen LogP contribution in [0, 0.1) is 5.92 Å². The van der Waals surface area contributed by atoms with Gasteiger partial charge in [0.1, 0.15) is 0 Å². The Kier molecular flexibility index (Phi) is 8.33. The lowest BCUT2D eigenvalue weighted by molar-refractivity contribution is 0.458. The molecule has 11 aromatic carbocycles. The minimum absolute atomic E-state index is 0.0876. The largest absolute Gasteiger partial charge is 0.0757 e. The van der Waals surface area contributed by atoms with Crippen molar-refractivity contribution in [1.82, 2.24) is 0 Å². The minimum atomic E-state index is -0.499. The van der Waals surface area contributed by atoms with Crippen LogP contribution in [0.5, 0.6) is 0 Å². The highest BCUT2D eigenvalue weighted by Gasteiger charge is 2.54. The van der Waals surface area contributed by atoms with Gasteiger partial charge in [-0.15, -0.1) is 0 Å². The molecule has 0 heterocycles. The van der Waals surface area contributed by atoms with Crippen molar-refractivity contribution in [2.45, 2.75) is 49.9 Å². The number of fused-ring (bicyclic) bond motifs is 11. The van der Waals surface area contributed by atoms with E-state index in [1.807, 2.05) is 0 Å². The Labute approximate surface area is 416 Å². The van der Waals surface area contributed by atoms with E-state index in [-0.39, 0.29) is 22.7 Å². The second-order valence-corrected chi connectivity index (χ2v) is 21.8. The zero-order chi connectivity index (χ0) is 47.4. The maximum atomic E-state index is 2.69. The fraction of sp³-hybridized carbons (Fsp3) is 0.127. The summed E-state index contributed by atoms with van der Waals surface area (Å²) in [5, 5.41) is 10.7. The maximum absolute atomic E-state index is 2.69. The van der Waals surface area contributed by atoms with Crippen molar-refractivity contribution >= 4 is 48.7 Å². The van der Waals surface area contributed by atoms with Gasteiger partial charge in [0.15, 0.2) is 0 Å².